The summed E-state index contributed by atoms with van der Waals surface area (Å²) in [4.78, 5) is 6.30. The summed E-state index contributed by atoms with van der Waals surface area (Å²) in [5.41, 5.74) is 0.832. The minimum Gasteiger partial charge on any atom is -0.374 e. The summed E-state index contributed by atoms with van der Waals surface area (Å²) in [6.45, 7) is 6.87. The number of hydrogen-bond donors (Lipinski definition) is 1. The second kappa shape index (κ2) is 6.41. The Labute approximate surface area is 114 Å². The van der Waals surface area contributed by atoms with E-state index in [-0.39, 0.29) is 18.0 Å². The molecule has 0 amide bonds. The number of ether oxygens (including phenoxy) is 1. The highest BCUT2D eigenvalue weighted by atomic mass is 19.1. The Morgan fingerprint density at radius 3 is 2.89 bits per heavy atom. The summed E-state index contributed by atoms with van der Waals surface area (Å²) >= 11 is 0. The van der Waals surface area contributed by atoms with Crippen LogP contribution >= 0.6 is 0 Å². The molecule has 2 rings (SSSR count). The van der Waals surface area contributed by atoms with Gasteiger partial charge in [0.05, 0.1) is 24.9 Å². The van der Waals surface area contributed by atoms with Crippen LogP contribution in [0.5, 0.6) is 0 Å². The summed E-state index contributed by atoms with van der Waals surface area (Å²) in [6, 6.07) is 1.98. The third kappa shape index (κ3) is 3.49. The van der Waals surface area contributed by atoms with Crippen molar-refractivity contribution in [2.24, 2.45) is 0 Å². The number of hydrogen-bond acceptors (Lipinski definition) is 4. The van der Waals surface area contributed by atoms with Crippen molar-refractivity contribution in [2.45, 2.75) is 32.0 Å². The molecule has 19 heavy (non-hydrogen) atoms. The molecule has 1 N–H and O–H groups in total. The van der Waals surface area contributed by atoms with Crippen molar-refractivity contribution in [3.8, 4) is 0 Å². The molecule has 5 heteroatoms. The summed E-state index contributed by atoms with van der Waals surface area (Å²) in [7, 11) is 1.87. The number of aromatic nitrogens is 1. The lowest BCUT2D eigenvalue weighted by Crippen LogP contribution is -2.49. The van der Waals surface area contributed by atoms with E-state index in [1.165, 1.54) is 12.3 Å². The van der Waals surface area contributed by atoms with Crippen LogP contribution < -0.4 is 5.32 Å². The van der Waals surface area contributed by atoms with Crippen LogP contribution in [-0.4, -0.2) is 48.8 Å². The Morgan fingerprint density at radius 1 is 1.47 bits per heavy atom. The van der Waals surface area contributed by atoms with Crippen LogP contribution in [0.15, 0.2) is 18.5 Å². The van der Waals surface area contributed by atoms with E-state index in [1.54, 1.807) is 6.20 Å². The minimum absolute atomic E-state index is 0.0183. The molecule has 0 radical (unpaired) electrons. The molecule has 106 valence electrons. The molecule has 1 aliphatic rings. The fourth-order valence-corrected chi connectivity index (χ4v) is 2.53. The normalized spacial score (nSPS) is 22.7. The minimum atomic E-state index is -0.311. The van der Waals surface area contributed by atoms with Crippen molar-refractivity contribution in [3.05, 3.63) is 29.8 Å². The summed E-state index contributed by atoms with van der Waals surface area (Å²) < 4.78 is 19.1. The zero-order valence-corrected chi connectivity index (χ0v) is 11.8. The lowest BCUT2D eigenvalue weighted by Gasteiger charge is -2.38. The maximum absolute atomic E-state index is 13.3. The van der Waals surface area contributed by atoms with Gasteiger partial charge in [-0.25, -0.2) is 4.39 Å². The lowest BCUT2D eigenvalue weighted by atomic mass is 10.0. The first-order chi connectivity index (χ1) is 9.11. The maximum atomic E-state index is 13.3. The molecule has 1 saturated heterocycles. The molecule has 0 aliphatic carbocycles. The molecular weight excluding hydrogens is 245 g/mol. The van der Waals surface area contributed by atoms with Gasteiger partial charge in [-0.15, -0.1) is 0 Å². The van der Waals surface area contributed by atoms with Gasteiger partial charge in [-0.05, 0) is 32.5 Å². The number of pyridine rings is 1. The average molecular weight is 267 g/mol. The van der Waals surface area contributed by atoms with Crippen LogP contribution in [0.1, 0.15) is 25.5 Å². The molecule has 1 fully saturated rings. The zero-order chi connectivity index (χ0) is 13.8. The first-order valence-corrected chi connectivity index (χ1v) is 6.75. The van der Waals surface area contributed by atoms with Gasteiger partial charge < -0.3 is 10.1 Å². The van der Waals surface area contributed by atoms with Gasteiger partial charge in [-0.3, -0.25) is 9.88 Å². The van der Waals surface area contributed by atoms with Crippen LogP contribution in [-0.2, 0) is 4.74 Å². The molecule has 1 aromatic heterocycles. The lowest BCUT2D eigenvalue weighted by molar-refractivity contribution is -0.0551. The van der Waals surface area contributed by atoms with Gasteiger partial charge >= 0.3 is 0 Å². The van der Waals surface area contributed by atoms with Crippen molar-refractivity contribution in [1.29, 1.82) is 0 Å². The Hall–Kier alpha value is -1.04. The molecule has 0 aromatic carbocycles. The summed E-state index contributed by atoms with van der Waals surface area (Å²) in [5.74, 6) is -0.311. The van der Waals surface area contributed by atoms with Crippen LogP contribution in [0.25, 0.3) is 0 Å². The quantitative estimate of drug-likeness (QED) is 0.899. The second-order valence-corrected chi connectivity index (χ2v) is 5.20. The van der Waals surface area contributed by atoms with Gasteiger partial charge in [0.15, 0.2) is 0 Å². The molecule has 1 aromatic rings. The maximum Gasteiger partial charge on any atom is 0.141 e. The highest BCUT2D eigenvalue weighted by Gasteiger charge is 2.29. The van der Waals surface area contributed by atoms with Gasteiger partial charge in [-0.1, -0.05) is 0 Å². The predicted octanol–water partition coefficient (Wildman–Crippen LogP) is 1.59. The molecule has 4 nitrogen and oxygen atoms in total. The molecule has 2 atom stereocenters. The topological polar surface area (TPSA) is 37.4 Å². The van der Waals surface area contributed by atoms with Crippen molar-refractivity contribution in [2.75, 3.05) is 26.7 Å². The van der Waals surface area contributed by atoms with E-state index in [9.17, 15) is 4.39 Å². The third-order valence-corrected chi connectivity index (χ3v) is 3.62. The van der Waals surface area contributed by atoms with Crippen molar-refractivity contribution in [3.63, 3.8) is 0 Å². The Kier molecular flexibility index (Phi) is 4.85. The van der Waals surface area contributed by atoms with Crippen molar-refractivity contribution >= 4 is 0 Å². The number of likely N-dealkylation sites (N-methyl/N-ethyl adjacent to an activating group) is 1. The van der Waals surface area contributed by atoms with Crippen LogP contribution in [0, 0.1) is 5.82 Å². The number of halogens is 1. The number of nitrogens with one attached hydrogen (secondary N) is 1. The van der Waals surface area contributed by atoms with Crippen LogP contribution in [0.4, 0.5) is 4.39 Å². The van der Waals surface area contributed by atoms with Crippen LogP contribution in [0.3, 0.4) is 0 Å². The average Bonchev–Trinajstić information content (AvgIpc) is 2.40. The summed E-state index contributed by atoms with van der Waals surface area (Å²) in [6.07, 6.45) is 2.94. The number of nitrogens with zero attached hydrogens (tertiary/aromatic N) is 2. The van der Waals surface area contributed by atoms with E-state index in [4.69, 9.17) is 4.74 Å². The molecule has 2 heterocycles. The molecule has 2 unspecified atom stereocenters. The first-order valence-electron chi connectivity index (χ1n) is 6.75. The van der Waals surface area contributed by atoms with Gasteiger partial charge in [-0.2, -0.15) is 0 Å². The predicted molar refractivity (Wildman–Crippen MR) is 72.4 cm³/mol. The van der Waals surface area contributed by atoms with E-state index in [0.717, 1.165) is 18.7 Å². The van der Waals surface area contributed by atoms with E-state index in [2.05, 4.69) is 29.0 Å². The first kappa shape index (κ1) is 14.4. The van der Waals surface area contributed by atoms with Crippen LogP contribution in [0.2, 0.25) is 0 Å². The standard InChI is InChI=1S/C14H22FN3O/c1-10(2)18-4-5-19-13(9-18)14(16-3)11-6-12(15)8-17-7-11/h6-8,10,13-14,16H,4-5,9H2,1-3H3. The van der Waals surface area contributed by atoms with E-state index >= 15 is 0 Å². The molecule has 0 bridgehead atoms. The fourth-order valence-electron chi connectivity index (χ4n) is 2.53. The van der Waals surface area contributed by atoms with Gasteiger partial charge in [0, 0.05) is 25.3 Å². The number of rotatable bonds is 4. The molecular formula is C14H22FN3O. The SMILES string of the molecule is CNC(c1cncc(F)c1)C1CN(C(C)C)CCO1. The molecule has 0 saturated carbocycles. The van der Waals surface area contributed by atoms with Gasteiger partial charge in [0.25, 0.3) is 0 Å². The summed E-state index contributed by atoms with van der Waals surface area (Å²) in [5, 5.41) is 3.22. The smallest absolute Gasteiger partial charge is 0.141 e. The van der Waals surface area contributed by atoms with Gasteiger partial charge in [0.1, 0.15) is 5.82 Å². The second-order valence-electron chi connectivity index (χ2n) is 5.20. The Balaban J connectivity index is 2.13. The van der Waals surface area contributed by atoms with E-state index in [1.807, 2.05) is 7.05 Å². The fraction of sp³-hybridized carbons (Fsp3) is 0.643. The highest BCUT2D eigenvalue weighted by Crippen LogP contribution is 2.23. The van der Waals surface area contributed by atoms with Crippen molar-refractivity contribution in [1.82, 2.24) is 15.2 Å². The van der Waals surface area contributed by atoms with Crippen molar-refractivity contribution < 1.29 is 9.13 Å². The zero-order valence-electron chi connectivity index (χ0n) is 11.8. The molecule has 0 spiro atoms. The van der Waals surface area contributed by atoms with E-state index in [0.29, 0.717) is 12.6 Å². The van der Waals surface area contributed by atoms with E-state index < -0.39 is 0 Å². The van der Waals surface area contributed by atoms with Gasteiger partial charge in [0.2, 0.25) is 0 Å². The third-order valence-electron chi connectivity index (χ3n) is 3.62. The Morgan fingerprint density at radius 2 is 2.26 bits per heavy atom. The monoisotopic (exact) mass is 267 g/mol. The Bertz CT molecular complexity index is 413. The molecule has 1 aliphatic heterocycles. The largest absolute Gasteiger partial charge is 0.374 e. The number of morpholine rings is 1. The highest BCUT2D eigenvalue weighted by molar-refractivity contribution is 5.17.